The van der Waals surface area contributed by atoms with E-state index >= 15 is 0 Å². The van der Waals surface area contributed by atoms with Crippen LogP contribution in [0.2, 0.25) is 10.0 Å². The average molecular weight is 485 g/mol. The molecule has 2 rings (SSSR count). The van der Waals surface area contributed by atoms with E-state index in [1.807, 2.05) is 12.1 Å². The first-order chi connectivity index (χ1) is 11.1. The zero-order valence-electron chi connectivity index (χ0n) is 14.3. The van der Waals surface area contributed by atoms with Crippen LogP contribution in [0.1, 0.15) is 25.3 Å². The highest BCUT2D eigenvalue weighted by Gasteiger charge is 2.21. The van der Waals surface area contributed by atoms with E-state index in [1.165, 1.54) is 32.5 Å². The molecule has 1 heterocycles. The van der Waals surface area contributed by atoms with Gasteiger partial charge >= 0.3 is 0 Å². The molecule has 2 N–H and O–H groups in total. The summed E-state index contributed by atoms with van der Waals surface area (Å²) in [5.41, 5.74) is 1.01. The van der Waals surface area contributed by atoms with Crippen LogP contribution < -0.4 is 10.6 Å². The van der Waals surface area contributed by atoms with Gasteiger partial charge in [-0.05, 0) is 49.5 Å². The SMILES string of the molecule is CCCN1CCC(CNC(=NC)NCc2ccc(Cl)cc2Cl)C1.I. The molecule has 1 saturated heterocycles. The molecule has 7 heteroatoms. The van der Waals surface area contributed by atoms with E-state index < -0.39 is 0 Å². The molecule has 0 bridgehead atoms. The highest BCUT2D eigenvalue weighted by atomic mass is 127. The lowest BCUT2D eigenvalue weighted by molar-refractivity contribution is 0.324. The van der Waals surface area contributed by atoms with Crippen molar-refractivity contribution in [1.82, 2.24) is 15.5 Å². The smallest absolute Gasteiger partial charge is 0.191 e. The molecular formula is C17H27Cl2IN4. The van der Waals surface area contributed by atoms with E-state index in [-0.39, 0.29) is 24.0 Å². The number of nitrogens with one attached hydrogen (secondary N) is 2. The maximum atomic E-state index is 6.19. The molecular weight excluding hydrogens is 458 g/mol. The van der Waals surface area contributed by atoms with Crippen LogP contribution in [0.25, 0.3) is 0 Å². The highest BCUT2D eigenvalue weighted by Crippen LogP contribution is 2.20. The molecule has 1 aliphatic rings. The minimum Gasteiger partial charge on any atom is -0.356 e. The molecule has 24 heavy (non-hydrogen) atoms. The second-order valence-corrected chi connectivity index (χ2v) is 6.84. The van der Waals surface area contributed by atoms with Gasteiger partial charge in [0.25, 0.3) is 0 Å². The number of benzene rings is 1. The van der Waals surface area contributed by atoms with Crippen molar-refractivity contribution in [1.29, 1.82) is 0 Å². The molecule has 4 nitrogen and oxygen atoms in total. The Kier molecular flexibility index (Phi) is 10.3. The van der Waals surface area contributed by atoms with Gasteiger partial charge in [0.2, 0.25) is 0 Å². The number of likely N-dealkylation sites (tertiary alicyclic amines) is 1. The number of halogens is 3. The van der Waals surface area contributed by atoms with Crippen LogP contribution in [0.5, 0.6) is 0 Å². The van der Waals surface area contributed by atoms with Gasteiger partial charge in [0.05, 0.1) is 0 Å². The van der Waals surface area contributed by atoms with Crippen molar-refractivity contribution < 1.29 is 0 Å². The predicted octanol–water partition coefficient (Wildman–Crippen LogP) is 4.01. The molecule has 0 aliphatic carbocycles. The van der Waals surface area contributed by atoms with Crippen molar-refractivity contribution in [2.75, 3.05) is 33.2 Å². The third-order valence-corrected chi connectivity index (χ3v) is 4.74. The van der Waals surface area contributed by atoms with Crippen molar-refractivity contribution >= 4 is 53.1 Å². The number of hydrogen-bond donors (Lipinski definition) is 2. The second-order valence-electron chi connectivity index (χ2n) is 6.00. The zero-order chi connectivity index (χ0) is 16.7. The minimum absolute atomic E-state index is 0. The Morgan fingerprint density at radius 2 is 2.12 bits per heavy atom. The molecule has 1 unspecified atom stereocenters. The molecule has 0 aromatic heterocycles. The summed E-state index contributed by atoms with van der Waals surface area (Å²) in [5.74, 6) is 1.50. The van der Waals surface area contributed by atoms with Gasteiger partial charge in [-0.1, -0.05) is 36.2 Å². The van der Waals surface area contributed by atoms with Crippen molar-refractivity contribution in [3.8, 4) is 0 Å². The molecule has 1 fully saturated rings. The molecule has 0 amide bonds. The molecule has 1 aliphatic heterocycles. The lowest BCUT2D eigenvalue weighted by atomic mass is 10.1. The summed E-state index contributed by atoms with van der Waals surface area (Å²) in [6, 6.07) is 5.54. The van der Waals surface area contributed by atoms with Crippen molar-refractivity contribution in [3.05, 3.63) is 33.8 Å². The fourth-order valence-electron chi connectivity index (χ4n) is 2.90. The van der Waals surface area contributed by atoms with Crippen LogP contribution in [0.3, 0.4) is 0 Å². The van der Waals surface area contributed by atoms with Gasteiger partial charge in [0.1, 0.15) is 0 Å². The first-order valence-electron chi connectivity index (χ1n) is 8.23. The van der Waals surface area contributed by atoms with Crippen molar-refractivity contribution in [2.45, 2.75) is 26.3 Å². The van der Waals surface area contributed by atoms with Crippen molar-refractivity contribution in [2.24, 2.45) is 10.9 Å². The normalized spacial score (nSPS) is 18.3. The standard InChI is InChI=1S/C17H26Cl2N4.HI/c1-3-7-23-8-6-13(12-23)10-21-17(20-2)22-11-14-4-5-15(18)9-16(14)19;/h4-5,9,13H,3,6-8,10-12H2,1-2H3,(H2,20,21,22);1H. The summed E-state index contributed by atoms with van der Waals surface area (Å²) < 4.78 is 0. The first-order valence-corrected chi connectivity index (χ1v) is 8.98. The molecule has 1 aromatic carbocycles. The van der Waals surface area contributed by atoms with Gasteiger partial charge in [-0.15, -0.1) is 24.0 Å². The van der Waals surface area contributed by atoms with E-state index in [0.717, 1.165) is 18.1 Å². The predicted molar refractivity (Wildman–Crippen MR) is 115 cm³/mol. The van der Waals surface area contributed by atoms with Gasteiger partial charge in [-0.3, -0.25) is 4.99 Å². The topological polar surface area (TPSA) is 39.7 Å². The molecule has 0 saturated carbocycles. The van der Waals surface area contributed by atoms with Gasteiger partial charge < -0.3 is 15.5 Å². The molecule has 1 atom stereocenters. The Morgan fingerprint density at radius 3 is 2.79 bits per heavy atom. The van der Waals surface area contributed by atoms with E-state index in [0.29, 0.717) is 22.5 Å². The van der Waals surface area contributed by atoms with E-state index in [4.69, 9.17) is 23.2 Å². The third-order valence-electron chi connectivity index (χ3n) is 4.15. The van der Waals surface area contributed by atoms with Gasteiger partial charge in [-0.25, -0.2) is 0 Å². The summed E-state index contributed by atoms with van der Waals surface area (Å²) in [5, 5.41) is 8.05. The monoisotopic (exact) mass is 484 g/mol. The third kappa shape index (κ3) is 6.94. The maximum Gasteiger partial charge on any atom is 0.191 e. The quantitative estimate of drug-likeness (QED) is 0.364. The molecule has 0 radical (unpaired) electrons. The Labute approximate surface area is 172 Å². The van der Waals surface area contributed by atoms with E-state index in [2.05, 4.69) is 27.4 Å². The van der Waals surface area contributed by atoms with E-state index in [9.17, 15) is 0 Å². The van der Waals surface area contributed by atoms with Gasteiger partial charge in [-0.2, -0.15) is 0 Å². The Balaban J connectivity index is 0.00000288. The lowest BCUT2D eigenvalue weighted by Gasteiger charge is -2.17. The average Bonchev–Trinajstić information content (AvgIpc) is 2.97. The number of guanidine groups is 1. The lowest BCUT2D eigenvalue weighted by Crippen LogP contribution is -2.40. The van der Waals surface area contributed by atoms with Crippen LogP contribution >= 0.6 is 47.2 Å². The molecule has 136 valence electrons. The van der Waals surface area contributed by atoms with Crippen LogP contribution in [0.15, 0.2) is 23.2 Å². The summed E-state index contributed by atoms with van der Waals surface area (Å²) in [6.07, 6.45) is 2.48. The second kappa shape index (κ2) is 11.4. The summed E-state index contributed by atoms with van der Waals surface area (Å²) in [4.78, 5) is 6.82. The summed E-state index contributed by atoms with van der Waals surface area (Å²) in [7, 11) is 1.79. The Bertz CT molecular complexity index is 539. The minimum atomic E-state index is 0. The molecule has 1 aromatic rings. The van der Waals surface area contributed by atoms with E-state index in [1.54, 1.807) is 13.1 Å². The summed E-state index contributed by atoms with van der Waals surface area (Å²) in [6.45, 7) is 7.42. The van der Waals surface area contributed by atoms with Crippen LogP contribution in [-0.4, -0.2) is 44.1 Å². The largest absolute Gasteiger partial charge is 0.356 e. The van der Waals surface area contributed by atoms with Crippen LogP contribution in [0, 0.1) is 5.92 Å². The van der Waals surface area contributed by atoms with Crippen LogP contribution in [0.4, 0.5) is 0 Å². The van der Waals surface area contributed by atoms with Crippen LogP contribution in [-0.2, 0) is 6.54 Å². The fourth-order valence-corrected chi connectivity index (χ4v) is 3.38. The maximum absolute atomic E-state index is 6.19. The van der Waals surface area contributed by atoms with Gasteiger partial charge in [0, 0.05) is 36.7 Å². The highest BCUT2D eigenvalue weighted by molar-refractivity contribution is 14.0. The zero-order valence-corrected chi connectivity index (χ0v) is 18.2. The summed E-state index contributed by atoms with van der Waals surface area (Å²) >= 11 is 12.1. The Hall–Kier alpha value is -0.240. The number of nitrogens with zero attached hydrogens (tertiary/aromatic N) is 2. The fraction of sp³-hybridized carbons (Fsp3) is 0.588. The first kappa shape index (κ1) is 21.8. The van der Waals surface area contributed by atoms with Crippen molar-refractivity contribution in [3.63, 3.8) is 0 Å². The number of rotatable bonds is 6. The number of hydrogen-bond acceptors (Lipinski definition) is 2. The molecule has 0 spiro atoms. The Morgan fingerprint density at radius 1 is 1.33 bits per heavy atom. The number of aliphatic imine (C=N–C) groups is 1. The van der Waals surface area contributed by atoms with Gasteiger partial charge in [0.15, 0.2) is 5.96 Å².